The predicted molar refractivity (Wildman–Crippen MR) is 83.0 cm³/mol. The number of halogens is 2. The molecule has 1 aliphatic rings. The van der Waals surface area contributed by atoms with Crippen molar-refractivity contribution in [1.82, 2.24) is 0 Å². The normalized spacial score (nSPS) is 16.6. The number of rotatable bonds is 6. The molecular formula is C13H18BCl2NO3. The molecule has 7 heteroatoms. The summed E-state index contributed by atoms with van der Waals surface area (Å²) in [5, 5.41) is 20.4. The van der Waals surface area contributed by atoms with E-state index in [1.165, 1.54) is 0 Å². The monoisotopic (exact) mass is 317 g/mol. The molecule has 0 aromatic heterocycles. The zero-order chi connectivity index (χ0) is 14.7. The van der Waals surface area contributed by atoms with E-state index in [-0.39, 0.29) is 0 Å². The van der Waals surface area contributed by atoms with Crippen LogP contribution in [0.4, 0.5) is 5.69 Å². The minimum atomic E-state index is -0.744. The van der Waals surface area contributed by atoms with Crippen LogP contribution in [0.5, 0.6) is 0 Å². The van der Waals surface area contributed by atoms with Crippen molar-refractivity contribution in [2.45, 2.75) is 31.7 Å². The number of hydrogen-bond acceptors (Lipinski definition) is 4. The second kappa shape index (κ2) is 7.01. The molecule has 110 valence electrons. The second-order valence-corrected chi connectivity index (χ2v) is 5.67. The van der Waals surface area contributed by atoms with Crippen LogP contribution in [0.15, 0.2) is 6.07 Å². The number of fused-ring (bicyclic) bond motifs is 1. The van der Waals surface area contributed by atoms with Gasteiger partial charge in [-0.05, 0) is 29.9 Å². The third-order valence-electron chi connectivity index (χ3n) is 3.60. The van der Waals surface area contributed by atoms with Crippen LogP contribution in [0.2, 0.25) is 0 Å². The van der Waals surface area contributed by atoms with E-state index in [9.17, 15) is 10.2 Å². The Labute approximate surface area is 129 Å². The molecule has 1 aromatic carbocycles. The summed E-state index contributed by atoms with van der Waals surface area (Å²) in [5.41, 5.74) is 9.71. The molecule has 0 radical (unpaired) electrons. The molecule has 0 saturated heterocycles. The van der Waals surface area contributed by atoms with Gasteiger partial charge < -0.3 is 20.6 Å². The van der Waals surface area contributed by atoms with Gasteiger partial charge in [0.1, 0.15) is 0 Å². The van der Waals surface area contributed by atoms with E-state index < -0.39 is 12.2 Å². The molecule has 2 rings (SSSR count). The van der Waals surface area contributed by atoms with Crippen LogP contribution in [0.3, 0.4) is 0 Å². The molecule has 4 N–H and O–H groups in total. The molecule has 2 atom stereocenters. The molecule has 1 heterocycles. The van der Waals surface area contributed by atoms with E-state index in [4.69, 9.17) is 33.6 Å². The Morgan fingerprint density at radius 1 is 1.25 bits per heavy atom. The van der Waals surface area contributed by atoms with Gasteiger partial charge in [-0.2, -0.15) is 0 Å². The summed E-state index contributed by atoms with van der Waals surface area (Å²) >= 11 is 11.4. The van der Waals surface area contributed by atoms with Gasteiger partial charge in [0.05, 0.1) is 18.8 Å². The summed E-state index contributed by atoms with van der Waals surface area (Å²) in [6.07, 6.45) is -0.657. The minimum absolute atomic E-state index is 0.338. The van der Waals surface area contributed by atoms with Gasteiger partial charge in [-0.25, -0.2) is 0 Å². The van der Waals surface area contributed by atoms with E-state index in [1.807, 2.05) is 6.07 Å². The molecule has 1 aromatic rings. The van der Waals surface area contributed by atoms with Crippen molar-refractivity contribution in [3.63, 3.8) is 0 Å². The van der Waals surface area contributed by atoms with Crippen LogP contribution in [0.1, 0.15) is 41.7 Å². The van der Waals surface area contributed by atoms with E-state index >= 15 is 0 Å². The molecular weight excluding hydrogens is 300 g/mol. The van der Waals surface area contributed by atoms with Crippen molar-refractivity contribution < 1.29 is 14.9 Å². The number of nitrogen functional groups attached to an aromatic ring is 1. The minimum Gasteiger partial charge on any atom is -0.430 e. The van der Waals surface area contributed by atoms with E-state index in [1.54, 1.807) is 0 Å². The molecule has 0 aliphatic carbocycles. The Balaban J connectivity index is 2.48. The van der Waals surface area contributed by atoms with Gasteiger partial charge in [-0.15, -0.1) is 23.2 Å². The smallest absolute Gasteiger partial charge is 0.309 e. The number of anilines is 1. The number of aliphatic hydroxyl groups is 2. The lowest BCUT2D eigenvalue weighted by Gasteiger charge is -2.21. The third-order valence-corrected chi connectivity index (χ3v) is 4.04. The summed E-state index contributed by atoms with van der Waals surface area (Å²) in [6.45, 7) is 0.469. The zero-order valence-corrected chi connectivity index (χ0v) is 12.6. The van der Waals surface area contributed by atoms with Crippen LogP contribution in [-0.4, -0.2) is 29.5 Å². The number of alkyl halides is 2. The first-order valence-corrected chi connectivity index (χ1v) is 7.66. The lowest BCUT2D eigenvalue weighted by Crippen LogP contribution is -2.25. The first-order valence-electron chi connectivity index (χ1n) is 6.60. The molecule has 0 spiro atoms. The molecule has 0 amide bonds. The number of hydrogen-bond donors (Lipinski definition) is 3. The van der Waals surface area contributed by atoms with E-state index in [2.05, 4.69) is 0 Å². The van der Waals surface area contributed by atoms with Crippen molar-refractivity contribution in [2.24, 2.45) is 0 Å². The SMILES string of the molecule is Nc1c(C(O)CCCl)cc2c(c1C(O)CCCl)BOC2. The summed E-state index contributed by atoms with van der Waals surface area (Å²) in [6, 6.07) is 1.85. The first-order chi connectivity index (χ1) is 9.60. The van der Waals surface area contributed by atoms with Crippen molar-refractivity contribution in [1.29, 1.82) is 0 Å². The lowest BCUT2D eigenvalue weighted by atomic mass is 9.78. The Bertz CT molecular complexity index is 487. The molecule has 20 heavy (non-hydrogen) atoms. The van der Waals surface area contributed by atoms with Crippen molar-refractivity contribution >= 4 is 41.8 Å². The summed E-state index contributed by atoms with van der Waals surface area (Å²) in [5.74, 6) is 0.679. The highest BCUT2D eigenvalue weighted by Crippen LogP contribution is 2.33. The fourth-order valence-electron chi connectivity index (χ4n) is 2.57. The molecule has 2 unspecified atom stereocenters. The fraction of sp³-hybridized carbons (Fsp3) is 0.538. The van der Waals surface area contributed by atoms with Gasteiger partial charge in [0.15, 0.2) is 0 Å². The van der Waals surface area contributed by atoms with Crippen LogP contribution in [0.25, 0.3) is 0 Å². The highest BCUT2D eigenvalue weighted by atomic mass is 35.5. The van der Waals surface area contributed by atoms with E-state index in [0.29, 0.717) is 55.5 Å². The highest BCUT2D eigenvalue weighted by molar-refractivity contribution is 6.50. The van der Waals surface area contributed by atoms with E-state index in [0.717, 1.165) is 11.0 Å². The standard InChI is InChI=1S/C13H18BCl2NO3/c15-3-1-9(18)8-5-7-6-20-14-12(7)11(13(8)17)10(19)2-4-16/h5,9-10,14,18-19H,1-4,6,17H2. The first kappa shape index (κ1) is 15.9. The van der Waals surface area contributed by atoms with Gasteiger partial charge in [-0.3, -0.25) is 0 Å². The van der Waals surface area contributed by atoms with Gasteiger partial charge in [0.2, 0.25) is 0 Å². The zero-order valence-electron chi connectivity index (χ0n) is 11.1. The Morgan fingerprint density at radius 2 is 1.90 bits per heavy atom. The number of benzene rings is 1. The summed E-state index contributed by atoms with van der Waals surface area (Å²) < 4.78 is 5.43. The molecule has 4 nitrogen and oxygen atoms in total. The van der Waals surface area contributed by atoms with Gasteiger partial charge in [-0.1, -0.05) is 0 Å². The Morgan fingerprint density at radius 3 is 2.55 bits per heavy atom. The molecule has 0 saturated carbocycles. The van der Waals surface area contributed by atoms with Crippen LogP contribution < -0.4 is 11.2 Å². The molecule has 1 aliphatic heterocycles. The van der Waals surface area contributed by atoms with Crippen molar-refractivity contribution in [3.8, 4) is 0 Å². The molecule has 0 fully saturated rings. The summed E-state index contributed by atoms with van der Waals surface area (Å²) in [7, 11) is 0.431. The second-order valence-electron chi connectivity index (χ2n) is 4.91. The average molecular weight is 318 g/mol. The predicted octanol–water partition coefficient (Wildman–Crippen LogP) is 1.10. The van der Waals surface area contributed by atoms with Crippen molar-refractivity contribution in [3.05, 3.63) is 22.8 Å². The highest BCUT2D eigenvalue weighted by Gasteiger charge is 2.27. The fourth-order valence-corrected chi connectivity index (χ4v) is 2.98. The largest absolute Gasteiger partial charge is 0.430 e. The molecule has 0 bridgehead atoms. The maximum atomic E-state index is 10.3. The number of nitrogens with two attached hydrogens (primary N) is 1. The number of aliphatic hydroxyl groups excluding tert-OH is 2. The summed E-state index contributed by atoms with van der Waals surface area (Å²) in [4.78, 5) is 0. The Hall–Kier alpha value is -0.455. The topological polar surface area (TPSA) is 75.7 Å². The van der Waals surface area contributed by atoms with Gasteiger partial charge in [0.25, 0.3) is 0 Å². The van der Waals surface area contributed by atoms with Gasteiger partial charge >= 0.3 is 7.48 Å². The Kier molecular flexibility index (Phi) is 5.58. The average Bonchev–Trinajstić information content (AvgIpc) is 2.86. The van der Waals surface area contributed by atoms with Crippen LogP contribution in [-0.2, 0) is 11.3 Å². The van der Waals surface area contributed by atoms with Crippen LogP contribution >= 0.6 is 23.2 Å². The third kappa shape index (κ3) is 3.07. The van der Waals surface area contributed by atoms with Crippen LogP contribution in [0, 0.1) is 0 Å². The maximum absolute atomic E-state index is 10.3. The van der Waals surface area contributed by atoms with Crippen molar-refractivity contribution in [2.75, 3.05) is 17.5 Å². The van der Waals surface area contributed by atoms with Gasteiger partial charge in [0, 0.05) is 28.6 Å². The maximum Gasteiger partial charge on any atom is 0.309 e. The quantitative estimate of drug-likeness (QED) is 0.417. The lowest BCUT2D eigenvalue weighted by molar-refractivity contribution is 0.170.